The van der Waals surface area contributed by atoms with E-state index in [0.717, 1.165) is 44.5 Å². The van der Waals surface area contributed by atoms with Crippen LogP contribution in [-0.4, -0.2) is 48.2 Å². The van der Waals surface area contributed by atoms with Crippen LogP contribution in [0.5, 0.6) is 0 Å². The monoisotopic (exact) mass is 318 g/mol. The van der Waals surface area contributed by atoms with Crippen molar-refractivity contribution < 1.29 is 9.90 Å². The molecule has 4 nitrogen and oxygen atoms in total. The van der Waals surface area contributed by atoms with E-state index in [-0.39, 0.29) is 12.0 Å². The number of rotatable bonds is 6. The van der Waals surface area contributed by atoms with Gasteiger partial charge in [0.1, 0.15) is 0 Å². The maximum atomic E-state index is 12.1. The highest BCUT2D eigenvalue weighted by molar-refractivity contribution is 5.79. The van der Waals surface area contributed by atoms with E-state index in [1.807, 2.05) is 0 Å². The molecule has 0 saturated carbocycles. The SMILES string of the molecule is Cc1cc(C)c(CC(=O)NCCCN2CCCC(O)C2)c(C)c1. The summed E-state index contributed by atoms with van der Waals surface area (Å²) in [6.45, 7) is 9.72. The molecule has 1 aliphatic heterocycles. The zero-order chi connectivity index (χ0) is 16.8. The molecule has 0 radical (unpaired) electrons. The molecule has 1 aromatic carbocycles. The molecule has 2 N–H and O–H groups in total. The molecule has 1 heterocycles. The number of nitrogens with one attached hydrogen (secondary N) is 1. The first-order valence-corrected chi connectivity index (χ1v) is 8.69. The van der Waals surface area contributed by atoms with E-state index < -0.39 is 0 Å². The maximum Gasteiger partial charge on any atom is 0.224 e. The Kier molecular flexibility index (Phi) is 6.60. The average molecular weight is 318 g/mol. The molecular formula is C19H30N2O2. The summed E-state index contributed by atoms with van der Waals surface area (Å²) >= 11 is 0. The molecule has 1 fully saturated rings. The number of hydrogen-bond donors (Lipinski definition) is 2. The van der Waals surface area contributed by atoms with Gasteiger partial charge in [-0.3, -0.25) is 4.79 Å². The number of carbonyl (C=O) groups is 1. The highest BCUT2D eigenvalue weighted by Crippen LogP contribution is 2.17. The van der Waals surface area contributed by atoms with E-state index in [2.05, 4.69) is 43.1 Å². The van der Waals surface area contributed by atoms with Crippen LogP contribution in [0.15, 0.2) is 12.1 Å². The van der Waals surface area contributed by atoms with Gasteiger partial charge in [-0.1, -0.05) is 17.7 Å². The molecule has 0 aliphatic carbocycles. The Morgan fingerprint density at radius 2 is 2.00 bits per heavy atom. The topological polar surface area (TPSA) is 52.6 Å². The highest BCUT2D eigenvalue weighted by atomic mass is 16.3. The van der Waals surface area contributed by atoms with Crippen LogP contribution in [0.25, 0.3) is 0 Å². The Hall–Kier alpha value is -1.39. The zero-order valence-corrected chi connectivity index (χ0v) is 14.7. The minimum Gasteiger partial charge on any atom is -0.392 e. The number of hydrogen-bond acceptors (Lipinski definition) is 3. The molecule has 1 saturated heterocycles. The summed E-state index contributed by atoms with van der Waals surface area (Å²) in [5.41, 5.74) is 4.78. The van der Waals surface area contributed by atoms with Gasteiger partial charge in [-0.2, -0.15) is 0 Å². The normalized spacial score (nSPS) is 18.9. The fourth-order valence-electron chi connectivity index (χ4n) is 3.48. The molecule has 1 aromatic rings. The second-order valence-electron chi connectivity index (χ2n) is 6.85. The summed E-state index contributed by atoms with van der Waals surface area (Å²) in [7, 11) is 0. The Bertz CT molecular complexity index is 519. The van der Waals surface area contributed by atoms with E-state index >= 15 is 0 Å². The number of aliphatic hydroxyl groups is 1. The van der Waals surface area contributed by atoms with Gasteiger partial charge in [0.05, 0.1) is 12.5 Å². The van der Waals surface area contributed by atoms with Crippen molar-refractivity contribution in [2.24, 2.45) is 0 Å². The highest BCUT2D eigenvalue weighted by Gasteiger charge is 2.16. The Morgan fingerprint density at radius 3 is 2.65 bits per heavy atom. The first kappa shape index (κ1) is 18.0. The van der Waals surface area contributed by atoms with Crippen LogP contribution in [0.4, 0.5) is 0 Å². The molecule has 128 valence electrons. The molecule has 0 aromatic heterocycles. The van der Waals surface area contributed by atoms with Gasteiger partial charge in [0, 0.05) is 13.1 Å². The van der Waals surface area contributed by atoms with Crippen LogP contribution in [0.1, 0.15) is 41.5 Å². The Morgan fingerprint density at radius 1 is 1.30 bits per heavy atom. The molecule has 0 bridgehead atoms. The largest absolute Gasteiger partial charge is 0.392 e. The summed E-state index contributed by atoms with van der Waals surface area (Å²) in [5, 5.41) is 12.7. The van der Waals surface area contributed by atoms with Crippen LogP contribution in [0.3, 0.4) is 0 Å². The minimum atomic E-state index is -0.175. The molecule has 4 heteroatoms. The van der Waals surface area contributed by atoms with Crippen molar-refractivity contribution in [2.75, 3.05) is 26.2 Å². The number of carbonyl (C=O) groups excluding carboxylic acids is 1. The number of aryl methyl sites for hydroxylation is 3. The number of benzene rings is 1. The summed E-state index contributed by atoms with van der Waals surface area (Å²) in [4.78, 5) is 14.4. The first-order chi connectivity index (χ1) is 11.0. The van der Waals surface area contributed by atoms with Crippen LogP contribution in [0.2, 0.25) is 0 Å². The van der Waals surface area contributed by atoms with Crippen molar-refractivity contribution in [2.45, 2.75) is 52.6 Å². The van der Waals surface area contributed by atoms with E-state index in [0.29, 0.717) is 13.0 Å². The van der Waals surface area contributed by atoms with Crippen molar-refractivity contribution in [3.05, 3.63) is 34.4 Å². The van der Waals surface area contributed by atoms with E-state index in [1.54, 1.807) is 0 Å². The van der Waals surface area contributed by atoms with Gasteiger partial charge in [0.25, 0.3) is 0 Å². The lowest BCUT2D eigenvalue weighted by Gasteiger charge is -2.29. The molecule has 23 heavy (non-hydrogen) atoms. The van der Waals surface area contributed by atoms with Gasteiger partial charge >= 0.3 is 0 Å². The Balaban J connectivity index is 1.71. The van der Waals surface area contributed by atoms with Crippen LogP contribution >= 0.6 is 0 Å². The van der Waals surface area contributed by atoms with E-state index in [1.165, 1.54) is 16.7 Å². The van der Waals surface area contributed by atoms with Gasteiger partial charge in [-0.05, 0) is 69.8 Å². The van der Waals surface area contributed by atoms with Crippen molar-refractivity contribution in [3.63, 3.8) is 0 Å². The molecule has 1 amide bonds. The second-order valence-corrected chi connectivity index (χ2v) is 6.85. The average Bonchev–Trinajstić information content (AvgIpc) is 2.47. The quantitative estimate of drug-likeness (QED) is 0.790. The van der Waals surface area contributed by atoms with E-state index in [9.17, 15) is 9.90 Å². The number of likely N-dealkylation sites (tertiary alicyclic amines) is 1. The lowest BCUT2D eigenvalue weighted by atomic mass is 9.97. The van der Waals surface area contributed by atoms with Crippen molar-refractivity contribution >= 4 is 5.91 Å². The maximum absolute atomic E-state index is 12.1. The molecule has 1 unspecified atom stereocenters. The number of nitrogens with zero attached hydrogens (tertiary/aromatic N) is 1. The van der Waals surface area contributed by atoms with Crippen LogP contribution in [-0.2, 0) is 11.2 Å². The lowest BCUT2D eigenvalue weighted by Crippen LogP contribution is -2.39. The standard InChI is InChI=1S/C19H30N2O2/c1-14-10-15(2)18(16(3)11-14)12-19(23)20-7-5-9-21-8-4-6-17(22)13-21/h10-11,17,22H,4-9,12-13H2,1-3H3,(H,20,23). The fourth-order valence-corrected chi connectivity index (χ4v) is 3.48. The van der Waals surface area contributed by atoms with Gasteiger partial charge in [-0.25, -0.2) is 0 Å². The molecule has 2 rings (SSSR count). The van der Waals surface area contributed by atoms with Gasteiger partial charge in [0.2, 0.25) is 5.91 Å². The molecule has 0 spiro atoms. The number of aliphatic hydroxyl groups excluding tert-OH is 1. The Labute approximate surface area is 139 Å². The van der Waals surface area contributed by atoms with Gasteiger partial charge in [-0.15, -0.1) is 0 Å². The van der Waals surface area contributed by atoms with Crippen LogP contribution < -0.4 is 5.32 Å². The van der Waals surface area contributed by atoms with Crippen LogP contribution in [0, 0.1) is 20.8 Å². The predicted molar refractivity (Wildman–Crippen MR) is 93.7 cm³/mol. The summed E-state index contributed by atoms with van der Waals surface area (Å²) in [6, 6.07) is 4.27. The minimum absolute atomic E-state index is 0.0960. The van der Waals surface area contributed by atoms with Crippen molar-refractivity contribution in [1.29, 1.82) is 0 Å². The third-order valence-corrected chi connectivity index (χ3v) is 4.63. The van der Waals surface area contributed by atoms with Gasteiger partial charge < -0.3 is 15.3 Å². The summed E-state index contributed by atoms with van der Waals surface area (Å²) < 4.78 is 0. The zero-order valence-electron chi connectivity index (χ0n) is 14.7. The summed E-state index contributed by atoms with van der Waals surface area (Å²) in [6.07, 6.45) is 3.21. The van der Waals surface area contributed by atoms with E-state index in [4.69, 9.17) is 0 Å². The first-order valence-electron chi connectivity index (χ1n) is 8.69. The lowest BCUT2D eigenvalue weighted by molar-refractivity contribution is -0.120. The molecule has 1 atom stereocenters. The summed E-state index contributed by atoms with van der Waals surface area (Å²) in [5.74, 6) is 0.0960. The van der Waals surface area contributed by atoms with Crippen molar-refractivity contribution in [1.82, 2.24) is 10.2 Å². The smallest absolute Gasteiger partial charge is 0.224 e. The van der Waals surface area contributed by atoms with Gasteiger partial charge in [0.15, 0.2) is 0 Å². The number of amides is 1. The third-order valence-electron chi connectivity index (χ3n) is 4.63. The molecule has 1 aliphatic rings. The third kappa shape index (κ3) is 5.63. The second kappa shape index (κ2) is 8.46. The number of β-amino-alcohol motifs (C(OH)–C–C–N with tert-alkyl or cyclic N) is 1. The number of piperidine rings is 1. The van der Waals surface area contributed by atoms with Crippen molar-refractivity contribution in [3.8, 4) is 0 Å². The fraction of sp³-hybridized carbons (Fsp3) is 0.632. The molecular weight excluding hydrogens is 288 g/mol. The predicted octanol–water partition coefficient (Wildman–Crippen LogP) is 2.12.